The summed E-state index contributed by atoms with van der Waals surface area (Å²) in [5.74, 6) is -5.67. The van der Waals surface area contributed by atoms with Crippen LogP contribution in [0.2, 0.25) is 0 Å². The van der Waals surface area contributed by atoms with Crippen LogP contribution in [0, 0.1) is 0 Å². The van der Waals surface area contributed by atoms with Crippen molar-refractivity contribution in [2.45, 2.75) is 49.9 Å². The van der Waals surface area contributed by atoms with Gasteiger partial charge in [0.2, 0.25) is 29.5 Å². The lowest BCUT2D eigenvalue weighted by atomic mass is 10.0. The van der Waals surface area contributed by atoms with Crippen LogP contribution < -0.4 is 33.2 Å². The zero-order valence-corrected chi connectivity index (χ0v) is 19.7. The van der Waals surface area contributed by atoms with Gasteiger partial charge < -0.3 is 38.3 Å². The van der Waals surface area contributed by atoms with Crippen LogP contribution >= 0.6 is 12.6 Å². The molecule has 5 amide bonds. The number of primary amides is 2. The van der Waals surface area contributed by atoms with E-state index in [1.807, 2.05) is 0 Å². The fraction of sp³-hybridized carbons (Fsp3) is 0.429. The van der Waals surface area contributed by atoms with E-state index < -0.39 is 66.1 Å². The molecule has 192 valence electrons. The summed E-state index contributed by atoms with van der Waals surface area (Å²) in [6, 6.07) is 3.40. The molecule has 0 fully saturated rings. The van der Waals surface area contributed by atoms with Gasteiger partial charge in [-0.2, -0.15) is 12.6 Å². The van der Waals surface area contributed by atoms with Gasteiger partial charge in [-0.1, -0.05) is 30.3 Å². The molecule has 10 N–H and O–H groups in total. The van der Waals surface area contributed by atoms with Crippen molar-refractivity contribution in [3.05, 3.63) is 35.9 Å². The zero-order valence-electron chi connectivity index (χ0n) is 18.8. The summed E-state index contributed by atoms with van der Waals surface area (Å²) in [5.41, 5.74) is 16.6. The summed E-state index contributed by atoms with van der Waals surface area (Å²) in [6.45, 7) is 0. The van der Waals surface area contributed by atoms with E-state index in [9.17, 15) is 33.9 Å². The number of nitrogens with two attached hydrogens (primary N) is 3. The standard InChI is InChI=1S/C21H30N6O7S/c22-12(10-35)18(30)26-14(8-11-4-2-1-3-5-11)19(31)27-15(9-17(24)29)20(32)25-13(21(33)34)6-7-16(23)28/h1-5,12-15,35H,6-10,22H2,(H2,23,28)(H2,24,29)(H,25,32)(H,26,30)(H,27,31)(H,33,34)/t12-,13-,14-,15-/m0/s1. The third kappa shape index (κ3) is 10.9. The predicted octanol–water partition coefficient (Wildman–Crippen LogP) is -2.83. The third-order valence-electron chi connectivity index (χ3n) is 4.78. The molecule has 0 radical (unpaired) electrons. The van der Waals surface area contributed by atoms with E-state index >= 15 is 0 Å². The predicted molar refractivity (Wildman–Crippen MR) is 128 cm³/mol. The first kappa shape index (κ1) is 29.4. The number of rotatable bonds is 15. The molecular formula is C21H30N6O7S. The number of amides is 5. The normalized spacial score (nSPS) is 14.0. The molecule has 0 bridgehead atoms. The van der Waals surface area contributed by atoms with Crippen LogP contribution in [-0.2, 0) is 35.2 Å². The molecule has 0 spiro atoms. The van der Waals surface area contributed by atoms with Gasteiger partial charge in [0.05, 0.1) is 12.5 Å². The highest BCUT2D eigenvalue weighted by molar-refractivity contribution is 7.80. The van der Waals surface area contributed by atoms with Crippen LogP contribution in [0.25, 0.3) is 0 Å². The molecule has 0 saturated heterocycles. The van der Waals surface area contributed by atoms with Gasteiger partial charge in [0.25, 0.3) is 0 Å². The second kappa shape index (κ2) is 14.6. The Bertz CT molecular complexity index is 930. The van der Waals surface area contributed by atoms with Crippen LogP contribution in [0.5, 0.6) is 0 Å². The molecule has 35 heavy (non-hydrogen) atoms. The summed E-state index contributed by atoms with van der Waals surface area (Å²) in [5, 5.41) is 16.3. The highest BCUT2D eigenvalue weighted by Crippen LogP contribution is 2.06. The largest absolute Gasteiger partial charge is 0.480 e. The van der Waals surface area contributed by atoms with Crippen molar-refractivity contribution in [2.24, 2.45) is 17.2 Å². The molecule has 0 aliphatic heterocycles. The maximum Gasteiger partial charge on any atom is 0.326 e. The first-order valence-electron chi connectivity index (χ1n) is 10.6. The highest BCUT2D eigenvalue weighted by Gasteiger charge is 2.31. The van der Waals surface area contributed by atoms with Crippen molar-refractivity contribution in [1.82, 2.24) is 16.0 Å². The molecule has 0 aliphatic carbocycles. The van der Waals surface area contributed by atoms with E-state index in [-0.39, 0.29) is 25.0 Å². The first-order chi connectivity index (χ1) is 16.4. The second-order valence-electron chi connectivity index (χ2n) is 7.68. The van der Waals surface area contributed by atoms with Crippen molar-refractivity contribution in [2.75, 3.05) is 5.75 Å². The molecule has 0 aliphatic rings. The van der Waals surface area contributed by atoms with Gasteiger partial charge >= 0.3 is 5.97 Å². The van der Waals surface area contributed by atoms with E-state index in [4.69, 9.17) is 17.2 Å². The molecule has 0 aromatic heterocycles. The number of hydrogen-bond acceptors (Lipinski definition) is 8. The number of carboxylic acid groups (broad SMARTS) is 1. The minimum absolute atomic E-state index is 0.0140. The number of carbonyl (C=O) groups is 6. The Kier molecular flexibility index (Phi) is 12.2. The van der Waals surface area contributed by atoms with E-state index in [2.05, 4.69) is 28.6 Å². The molecule has 1 aromatic rings. The van der Waals surface area contributed by atoms with E-state index in [0.29, 0.717) is 5.56 Å². The zero-order chi connectivity index (χ0) is 26.5. The van der Waals surface area contributed by atoms with E-state index in [1.165, 1.54) is 0 Å². The number of hydrogen-bond donors (Lipinski definition) is 8. The molecule has 0 heterocycles. The lowest BCUT2D eigenvalue weighted by Gasteiger charge is -2.24. The average molecular weight is 511 g/mol. The number of benzene rings is 1. The minimum Gasteiger partial charge on any atom is -0.480 e. The number of nitrogens with one attached hydrogen (secondary N) is 3. The Labute approximate surface area is 206 Å². The Morgan fingerprint density at radius 3 is 1.89 bits per heavy atom. The Hall–Kier alpha value is -3.65. The van der Waals surface area contributed by atoms with E-state index in [1.54, 1.807) is 30.3 Å². The molecule has 4 atom stereocenters. The van der Waals surface area contributed by atoms with Gasteiger partial charge in [0.15, 0.2) is 0 Å². The molecule has 0 saturated carbocycles. The number of carbonyl (C=O) groups excluding carboxylic acids is 5. The fourth-order valence-electron chi connectivity index (χ4n) is 2.92. The number of carboxylic acids is 1. The number of aliphatic carboxylic acids is 1. The monoisotopic (exact) mass is 510 g/mol. The SMILES string of the molecule is NC(=O)CC[C@H](NC(=O)[C@H](CC(N)=O)NC(=O)[C@H](Cc1ccccc1)NC(=O)[C@@H](N)CS)C(=O)O. The van der Waals surface area contributed by atoms with Crippen LogP contribution in [0.15, 0.2) is 30.3 Å². The van der Waals surface area contributed by atoms with Crippen LogP contribution in [-0.4, -0.2) is 70.5 Å². The average Bonchev–Trinajstić information content (AvgIpc) is 2.79. The molecule has 0 unspecified atom stereocenters. The second-order valence-corrected chi connectivity index (χ2v) is 8.04. The summed E-state index contributed by atoms with van der Waals surface area (Å²) in [6.07, 6.45) is -1.25. The number of thiol groups is 1. The Morgan fingerprint density at radius 1 is 0.829 bits per heavy atom. The molecular weight excluding hydrogens is 480 g/mol. The van der Waals surface area contributed by atoms with Crippen molar-refractivity contribution in [1.29, 1.82) is 0 Å². The summed E-state index contributed by atoms with van der Waals surface area (Å²) in [7, 11) is 0. The Morgan fingerprint density at radius 2 is 1.37 bits per heavy atom. The van der Waals surface area contributed by atoms with Crippen LogP contribution in [0.4, 0.5) is 0 Å². The molecule has 1 aromatic carbocycles. The summed E-state index contributed by atoms with van der Waals surface area (Å²) in [4.78, 5) is 71.9. The third-order valence-corrected chi connectivity index (χ3v) is 5.17. The molecule has 14 heteroatoms. The summed E-state index contributed by atoms with van der Waals surface area (Å²) < 4.78 is 0. The van der Waals surface area contributed by atoms with Crippen molar-refractivity contribution >= 4 is 48.1 Å². The van der Waals surface area contributed by atoms with Crippen molar-refractivity contribution < 1.29 is 33.9 Å². The maximum atomic E-state index is 13.0. The summed E-state index contributed by atoms with van der Waals surface area (Å²) >= 11 is 3.96. The van der Waals surface area contributed by atoms with Gasteiger partial charge in [-0.25, -0.2) is 4.79 Å². The van der Waals surface area contributed by atoms with Gasteiger partial charge in [-0.3, -0.25) is 24.0 Å². The maximum absolute atomic E-state index is 13.0. The molecule has 13 nitrogen and oxygen atoms in total. The van der Waals surface area contributed by atoms with Gasteiger partial charge in [0.1, 0.15) is 18.1 Å². The van der Waals surface area contributed by atoms with Gasteiger partial charge in [-0.05, 0) is 12.0 Å². The lowest BCUT2D eigenvalue weighted by Crippen LogP contribution is -2.58. The van der Waals surface area contributed by atoms with Crippen molar-refractivity contribution in [3.8, 4) is 0 Å². The quantitative estimate of drug-likeness (QED) is 0.114. The van der Waals surface area contributed by atoms with Gasteiger partial charge in [-0.15, -0.1) is 0 Å². The van der Waals surface area contributed by atoms with Crippen LogP contribution in [0.1, 0.15) is 24.8 Å². The van der Waals surface area contributed by atoms with Crippen LogP contribution in [0.3, 0.4) is 0 Å². The van der Waals surface area contributed by atoms with Gasteiger partial charge in [0, 0.05) is 18.6 Å². The lowest BCUT2D eigenvalue weighted by molar-refractivity contribution is -0.142. The Balaban J connectivity index is 3.07. The van der Waals surface area contributed by atoms with Crippen molar-refractivity contribution in [3.63, 3.8) is 0 Å². The van der Waals surface area contributed by atoms with E-state index in [0.717, 1.165) is 0 Å². The fourth-order valence-corrected chi connectivity index (χ4v) is 3.09. The topological polar surface area (TPSA) is 237 Å². The molecule has 1 rings (SSSR count). The minimum atomic E-state index is -1.55. The highest BCUT2D eigenvalue weighted by atomic mass is 32.1. The smallest absolute Gasteiger partial charge is 0.326 e. The first-order valence-corrected chi connectivity index (χ1v) is 11.2.